The van der Waals surface area contributed by atoms with Crippen molar-refractivity contribution in [1.29, 1.82) is 0 Å². The molecule has 0 aliphatic carbocycles. The number of ether oxygens (including phenoxy) is 1. The first-order valence-corrected chi connectivity index (χ1v) is 7.30. The molecule has 19 heavy (non-hydrogen) atoms. The number of hydrogen-bond acceptors (Lipinski definition) is 3. The molecule has 0 spiro atoms. The summed E-state index contributed by atoms with van der Waals surface area (Å²) in [5, 5.41) is 11.2. The Kier molecular flexibility index (Phi) is 3.48. The van der Waals surface area contributed by atoms with Crippen LogP contribution in [0.3, 0.4) is 0 Å². The summed E-state index contributed by atoms with van der Waals surface area (Å²) in [5.74, 6) is -0.0607. The van der Waals surface area contributed by atoms with Crippen LogP contribution in [0.25, 0.3) is 10.9 Å². The number of H-pyrrole nitrogens is 1. The lowest BCUT2D eigenvalue weighted by atomic mass is 10.2. The van der Waals surface area contributed by atoms with E-state index >= 15 is 0 Å². The van der Waals surface area contributed by atoms with Crippen LogP contribution in [-0.4, -0.2) is 34.0 Å². The van der Waals surface area contributed by atoms with Crippen LogP contribution >= 0.6 is 11.8 Å². The number of aromatic nitrogens is 1. The highest BCUT2D eigenvalue weighted by molar-refractivity contribution is 7.99. The SMILES string of the molecule is O=C(O)C1CCC(CSc2cc3ccccc3[nH]2)O1. The summed E-state index contributed by atoms with van der Waals surface area (Å²) >= 11 is 1.68. The summed E-state index contributed by atoms with van der Waals surface area (Å²) in [5.41, 5.74) is 1.13. The lowest BCUT2D eigenvalue weighted by Gasteiger charge is -2.09. The Morgan fingerprint density at radius 2 is 2.26 bits per heavy atom. The topological polar surface area (TPSA) is 62.3 Å². The van der Waals surface area contributed by atoms with Crippen LogP contribution in [0.1, 0.15) is 12.8 Å². The average Bonchev–Trinajstić information content (AvgIpc) is 3.02. The van der Waals surface area contributed by atoms with Gasteiger partial charge in [0.25, 0.3) is 0 Å². The number of fused-ring (bicyclic) bond motifs is 1. The molecule has 0 bridgehead atoms. The van der Waals surface area contributed by atoms with Crippen molar-refractivity contribution in [2.45, 2.75) is 30.1 Å². The zero-order valence-electron chi connectivity index (χ0n) is 10.3. The van der Waals surface area contributed by atoms with Gasteiger partial charge in [-0.1, -0.05) is 18.2 Å². The van der Waals surface area contributed by atoms with E-state index in [1.807, 2.05) is 18.2 Å². The first kappa shape index (κ1) is 12.6. The van der Waals surface area contributed by atoms with Crippen LogP contribution in [0, 0.1) is 0 Å². The molecule has 3 rings (SSSR count). The zero-order valence-corrected chi connectivity index (χ0v) is 11.2. The number of para-hydroxylation sites is 1. The summed E-state index contributed by atoms with van der Waals surface area (Å²) in [7, 11) is 0. The standard InChI is InChI=1S/C14H15NO3S/c16-14(17)12-6-5-10(18-12)8-19-13-7-9-3-1-2-4-11(9)15-13/h1-4,7,10,12,15H,5-6,8H2,(H,16,17). The second-order valence-electron chi connectivity index (χ2n) is 4.69. The van der Waals surface area contributed by atoms with Gasteiger partial charge in [0.05, 0.1) is 11.1 Å². The lowest BCUT2D eigenvalue weighted by molar-refractivity contribution is -0.148. The summed E-state index contributed by atoms with van der Waals surface area (Å²) in [6.45, 7) is 0. The molecule has 1 aromatic heterocycles. The van der Waals surface area contributed by atoms with E-state index in [1.54, 1.807) is 11.8 Å². The van der Waals surface area contributed by atoms with Crippen molar-refractivity contribution in [3.63, 3.8) is 0 Å². The smallest absolute Gasteiger partial charge is 0.332 e. The Morgan fingerprint density at radius 3 is 3.00 bits per heavy atom. The number of thioether (sulfide) groups is 1. The number of benzene rings is 1. The van der Waals surface area contributed by atoms with Crippen LogP contribution < -0.4 is 0 Å². The third-order valence-corrected chi connectivity index (χ3v) is 4.38. The maximum atomic E-state index is 10.8. The van der Waals surface area contributed by atoms with Gasteiger partial charge in [-0.05, 0) is 25.0 Å². The van der Waals surface area contributed by atoms with Gasteiger partial charge in [-0.25, -0.2) is 4.79 Å². The van der Waals surface area contributed by atoms with Crippen LogP contribution in [0.4, 0.5) is 0 Å². The van der Waals surface area contributed by atoms with Crippen molar-refractivity contribution in [2.24, 2.45) is 0 Å². The molecule has 1 aromatic carbocycles. The highest BCUT2D eigenvalue weighted by Crippen LogP contribution is 2.28. The normalized spacial score (nSPS) is 22.9. The Morgan fingerprint density at radius 1 is 1.42 bits per heavy atom. The van der Waals surface area contributed by atoms with Crippen LogP contribution in [0.15, 0.2) is 35.4 Å². The number of hydrogen-bond donors (Lipinski definition) is 2. The van der Waals surface area contributed by atoms with Gasteiger partial charge >= 0.3 is 5.97 Å². The average molecular weight is 277 g/mol. The quantitative estimate of drug-likeness (QED) is 0.844. The number of aromatic amines is 1. The molecule has 2 N–H and O–H groups in total. The number of carbonyl (C=O) groups is 1. The van der Waals surface area contributed by atoms with Gasteiger partial charge in [-0.15, -0.1) is 11.8 Å². The van der Waals surface area contributed by atoms with Crippen LogP contribution in [0.5, 0.6) is 0 Å². The fourth-order valence-electron chi connectivity index (χ4n) is 2.32. The van der Waals surface area contributed by atoms with Gasteiger partial charge in [-0.2, -0.15) is 0 Å². The number of rotatable bonds is 4. The number of carboxylic acids is 1. The van der Waals surface area contributed by atoms with Crippen LogP contribution in [-0.2, 0) is 9.53 Å². The molecule has 0 amide bonds. The monoisotopic (exact) mass is 277 g/mol. The maximum Gasteiger partial charge on any atom is 0.332 e. The molecule has 1 saturated heterocycles. The first-order valence-electron chi connectivity index (χ1n) is 6.31. The molecule has 2 atom stereocenters. The predicted octanol–water partition coefficient (Wildman–Crippen LogP) is 2.89. The van der Waals surface area contributed by atoms with Gasteiger partial charge < -0.3 is 14.8 Å². The predicted molar refractivity (Wildman–Crippen MR) is 74.6 cm³/mol. The molecule has 2 unspecified atom stereocenters. The molecule has 4 nitrogen and oxygen atoms in total. The van der Waals surface area contributed by atoms with E-state index in [0.717, 1.165) is 22.7 Å². The summed E-state index contributed by atoms with van der Waals surface area (Å²) in [6, 6.07) is 10.3. The van der Waals surface area contributed by atoms with Crippen molar-refractivity contribution in [1.82, 2.24) is 4.98 Å². The molecule has 1 fully saturated rings. The van der Waals surface area contributed by atoms with Crippen molar-refractivity contribution < 1.29 is 14.6 Å². The lowest BCUT2D eigenvalue weighted by Crippen LogP contribution is -2.21. The highest BCUT2D eigenvalue weighted by Gasteiger charge is 2.30. The summed E-state index contributed by atoms with van der Waals surface area (Å²) < 4.78 is 5.48. The number of carboxylic acid groups (broad SMARTS) is 1. The van der Waals surface area contributed by atoms with Crippen molar-refractivity contribution >= 4 is 28.6 Å². The van der Waals surface area contributed by atoms with E-state index in [4.69, 9.17) is 9.84 Å². The second kappa shape index (κ2) is 5.27. The van der Waals surface area contributed by atoms with Crippen molar-refractivity contribution in [3.05, 3.63) is 30.3 Å². The fourth-order valence-corrected chi connectivity index (χ4v) is 3.32. The third kappa shape index (κ3) is 2.77. The maximum absolute atomic E-state index is 10.8. The minimum absolute atomic E-state index is 0.0394. The van der Waals surface area contributed by atoms with E-state index < -0.39 is 12.1 Å². The molecule has 100 valence electrons. The van der Waals surface area contributed by atoms with E-state index in [-0.39, 0.29) is 6.10 Å². The van der Waals surface area contributed by atoms with E-state index in [2.05, 4.69) is 17.1 Å². The van der Waals surface area contributed by atoms with Gasteiger partial charge in [0.1, 0.15) is 0 Å². The van der Waals surface area contributed by atoms with Gasteiger partial charge in [0, 0.05) is 16.7 Å². The molecule has 1 aliphatic rings. The molecular formula is C14H15NO3S. The van der Waals surface area contributed by atoms with Gasteiger partial charge in [-0.3, -0.25) is 0 Å². The molecule has 5 heteroatoms. The Bertz CT molecular complexity index is 562. The van der Waals surface area contributed by atoms with Crippen LogP contribution in [0.2, 0.25) is 0 Å². The Labute approximate surface area is 115 Å². The number of aliphatic carboxylic acids is 1. The van der Waals surface area contributed by atoms with E-state index in [9.17, 15) is 4.79 Å². The van der Waals surface area contributed by atoms with Gasteiger partial charge in [0.15, 0.2) is 6.10 Å². The third-order valence-electron chi connectivity index (χ3n) is 3.31. The largest absolute Gasteiger partial charge is 0.479 e. The molecule has 1 aliphatic heterocycles. The van der Waals surface area contributed by atoms with Crippen molar-refractivity contribution in [2.75, 3.05) is 5.75 Å². The second-order valence-corrected chi connectivity index (χ2v) is 5.76. The Hall–Kier alpha value is -1.46. The molecule has 0 saturated carbocycles. The summed E-state index contributed by atoms with van der Waals surface area (Å²) in [4.78, 5) is 14.1. The molecule has 2 heterocycles. The Balaban J connectivity index is 1.59. The molecule has 2 aromatic rings. The minimum atomic E-state index is -0.849. The molecular weight excluding hydrogens is 262 g/mol. The highest BCUT2D eigenvalue weighted by atomic mass is 32.2. The van der Waals surface area contributed by atoms with Crippen molar-refractivity contribution in [3.8, 4) is 0 Å². The minimum Gasteiger partial charge on any atom is -0.479 e. The van der Waals surface area contributed by atoms with E-state index in [0.29, 0.717) is 6.42 Å². The van der Waals surface area contributed by atoms with Gasteiger partial charge in [0.2, 0.25) is 0 Å². The summed E-state index contributed by atoms with van der Waals surface area (Å²) in [6.07, 6.45) is 0.864. The molecule has 0 radical (unpaired) electrons. The van der Waals surface area contributed by atoms with E-state index in [1.165, 1.54) is 5.39 Å². The fraction of sp³-hybridized carbons (Fsp3) is 0.357. The number of nitrogens with one attached hydrogen (secondary N) is 1. The first-order chi connectivity index (χ1) is 9.22. The zero-order chi connectivity index (χ0) is 13.2.